The van der Waals surface area contributed by atoms with Crippen molar-refractivity contribution >= 4 is 17.8 Å². The minimum Gasteiger partial charge on any atom is -0.468 e. The number of carbonyl (C=O) groups excluding carboxylic acids is 2. The normalized spacial score (nSPS) is 12.4. The van der Waals surface area contributed by atoms with E-state index in [1.54, 1.807) is 12.1 Å². The zero-order valence-electron chi connectivity index (χ0n) is 15.1. The van der Waals surface area contributed by atoms with Crippen molar-refractivity contribution in [1.82, 2.24) is 5.32 Å². The van der Waals surface area contributed by atoms with Crippen molar-refractivity contribution in [2.24, 2.45) is 16.5 Å². The molecule has 0 spiro atoms. The van der Waals surface area contributed by atoms with Gasteiger partial charge in [-0.15, -0.1) is 0 Å². The molecule has 2 aromatic carbocycles. The lowest BCUT2D eigenvalue weighted by Gasteiger charge is -2.09. The number of nitrogens with one attached hydrogen (secondary N) is 1. The first kappa shape index (κ1) is 21.0. The number of carbonyl (C=O) groups is 2. The van der Waals surface area contributed by atoms with Crippen molar-refractivity contribution in [3.63, 3.8) is 0 Å². The van der Waals surface area contributed by atoms with Crippen LogP contribution in [0.1, 0.15) is 21.5 Å². The molecule has 0 radical (unpaired) electrons. The Morgan fingerprint density at radius 1 is 1.14 bits per heavy atom. The number of hydrogen-bond donors (Lipinski definition) is 3. The standard InChI is InChI=1S/C19H20F2N4O3/c1-28-18(27)16(22)9-11-5-7-12(8-6-11)17(26)25-19(23)24-10-13-14(20)3-2-4-15(13)21/h2-8,16H,9-10,22H2,1H3,(H3,23,24,25,26). The Hall–Kier alpha value is -3.33. The Morgan fingerprint density at radius 3 is 2.32 bits per heavy atom. The largest absolute Gasteiger partial charge is 0.468 e. The van der Waals surface area contributed by atoms with Gasteiger partial charge in [0.1, 0.15) is 17.7 Å². The maximum atomic E-state index is 13.6. The van der Waals surface area contributed by atoms with Gasteiger partial charge in [0.15, 0.2) is 5.96 Å². The van der Waals surface area contributed by atoms with Crippen LogP contribution in [0, 0.1) is 11.6 Å². The van der Waals surface area contributed by atoms with E-state index in [2.05, 4.69) is 15.0 Å². The highest BCUT2D eigenvalue weighted by atomic mass is 19.1. The van der Waals surface area contributed by atoms with Gasteiger partial charge in [0.05, 0.1) is 7.11 Å². The number of guanidine groups is 1. The average molecular weight is 390 g/mol. The van der Waals surface area contributed by atoms with Gasteiger partial charge < -0.3 is 21.5 Å². The number of nitrogens with zero attached hydrogens (tertiary/aromatic N) is 1. The molecular formula is C19H20F2N4O3. The summed E-state index contributed by atoms with van der Waals surface area (Å²) in [6.45, 7) is -0.258. The van der Waals surface area contributed by atoms with E-state index >= 15 is 0 Å². The number of halogens is 2. The van der Waals surface area contributed by atoms with Gasteiger partial charge in [0, 0.05) is 17.7 Å². The van der Waals surface area contributed by atoms with Crippen molar-refractivity contribution < 1.29 is 23.1 Å². The summed E-state index contributed by atoms with van der Waals surface area (Å²) in [5.41, 5.74) is 12.1. The second kappa shape index (κ2) is 9.56. The third kappa shape index (κ3) is 5.58. The van der Waals surface area contributed by atoms with Crippen molar-refractivity contribution in [3.05, 3.63) is 70.8 Å². The third-order valence-electron chi connectivity index (χ3n) is 3.89. The van der Waals surface area contributed by atoms with Gasteiger partial charge in [-0.1, -0.05) is 18.2 Å². The molecule has 0 aliphatic carbocycles. The van der Waals surface area contributed by atoms with Crippen LogP contribution in [0.3, 0.4) is 0 Å². The molecule has 148 valence electrons. The lowest BCUT2D eigenvalue weighted by molar-refractivity contribution is -0.142. The molecule has 0 aliphatic rings. The van der Waals surface area contributed by atoms with E-state index in [1.165, 1.54) is 25.3 Å². The van der Waals surface area contributed by atoms with Crippen LogP contribution in [-0.4, -0.2) is 31.0 Å². The van der Waals surface area contributed by atoms with E-state index in [0.717, 1.165) is 17.7 Å². The summed E-state index contributed by atoms with van der Waals surface area (Å²) in [4.78, 5) is 27.1. The SMILES string of the molecule is COC(=O)C(N)Cc1ccc(C(=O)/N=C(\N)NCc2c(F)cccc2F)cc1. The second-order valence-electron chi connectivity index (χ2n) is 5.89. The number of ether oxygens (including phenoxy) is 1. The average Bonchev–Trinajstić information content (AvgIpc) is 2.67. The Morgan fingerprint density at radius 2 is 1.75 bits per heavy atom. The molecule has 1 amide bonds. The number of nitrogens with two attached hydrogens (primary N) is 2. The number of hydrogen-bond acceptors (Lipinski definition) is 4. The number of amides is 1. The minimum atomic E-state index is -0.803. The van der Waals surface area contributed by atoms with Crippen molar-refractivity contribution in [1.29, 1.82) is 0 Å². The van der Waals surface area contributed by atoms with Gasteiger partial charge in [-0.25, -0.2) is 8.78 Å². The molecule has 2 rings (SSSR count). The van der Waals surface area contributed by atoms with Gasteiger partial charge in [-0.3, -0.25) is 9.59 Å². The van der Waals surface area contributed by atoms with E-state index in [4.69, 9.17) is 11.5 Å². The molecule has 0 aromatic heterocycles. The molecule has 1 unspecified atom stereocenters. The molecular weight excluding hydrogens is 370 g/mol. The summed E-state index contributed by atoms with van der Waals surface area (Å²) in [5.74, 6) is -2.90. The predicted octanol–water partition coefficient (Wildman–Crippen LogP) is 1.25. The topological polar surface area (TPSA) is 120 Å². The van der Waals surface area contributed by atoms with E-state index < -0.39 is 29.6 Å². The molecule has 9 heteroatoms. The summed E-state index contributed by atoms with van der Waals surface area (Å²) < 4.78 is 31.7. The van der Waals surface area contributed by atoms with Crippen LogP contribution >= 0.6 is 0 Å². The molecule has 2 aromatic rings. The van der Waals surface area contributed by atoms with E-state index in [-0.39, 0.29) is 30.1 Å². The molecule has 0 aliphatic heterocycles. The molecule has 5 N–H and O–H groups in total. The Labute approximate surface area is 160 Å². The highest BCUT2D eigenvalue weighted by Crippen LogP contribution is 2.11. The number of aliphatic imine (C=N–C) groups is 1. The van der Waals surface area contributed by atoms with Crippen LogP contribution in [0.4, 0.5) is 8.78 Å². The van der Waals surface area contributed by atoms with E-state index in [9.17, 15) is 18.4 Å². The zero-order valence-corrected chi connectivity index (χ0v) is 15.1. The fraction of sp³-hybridized carbons (Fsp3) is 0.211. The van der Waals surface area contributed by atoms with E-state index in [1.807, 2.05) is 0 Å². The smallest absolute Gasteiger partial charge is 0.322 e. The van der Waals surface area contributed by atoms with Gasteiger partial charge >= 0.3 is 5.97 Å². The summed E-state index contributed by atoms with van der Waals surface area (Å²) in [7, 11) is 1.25. The molecule has 0 fully saturated rings. The van der Waals surface area contributed by atoms with Crippen LogP contribution < -0.4 is 16.8 Å². The first-order valence-electron chi connectivity index (χ1n) is 8.29. The summed E-state index contributed by atoms with van der Waals surface area (Å²) in [5, 5.41) is 2.50. The van der Waals surface area contributed by atoms with Gasteiger partial charge in [0.2, 0.25) is 0 Å². The fourth-order valence-electron chi connectivity index (χ4n) is 2.37. The maximum absolute atomic E-state index is 13.6. The van der Waals surface area contributed by atoms with E-state index in [0.29, 0.717) is 0 Å². The lowest BCUT2D eigenvalue weighted by Crippen LogP contribution is -2.33. The number of esters is 1. The highest BCUT2D eigenvalue weighted by molar-refractivity contribution is 6.02. The second-order valence-corrected chi connectivity index (χ2v) is 5.89. The molecule has 28 heavy (non-hydrogen) atoms. The Bertz CT molecular complexity index is 865. The maximum Gasteiger partial charge on any atom is 0.322 e. The monoisotopic (exact) mass is 390 g/mol. The molecule has 7 nitrogen and oxygen atoms in total. The van der Waals surface area contributed by atoms with Gasteiger partial charge in [-0.05, 0) is 36.2 Å². The molecule has 0 heterocycles. The van der Waals surface area contributed by atoms with Crippen molar-refractivity contribution in [2.45, 2.75) is 19.0 Å². The quantitative estimate of drug-likeness (QED) is 0.388. The molecule has 0 saturated carbocycles. The number of benzene rings is 2. The van der Waals surface area contributed by atoms with Crippen LogP contribution in [0.25, 0.3) is 0 Å². The van der Waals surface area contributed by atoms with Crippen molar-refractivity contribution in [2.75, 3.05) is 7.11 Å². The van der Waals surface area contributed by atoms with Gasteiger partial charge in [-0.2, -0.15) is 4.99 Å². The molecule has 0 bridgehead atoms. The third-order valence-corrected chi connectivity index (χ3v) is 3.89. The lowest BCUT2D eigenvalue weighted by atomic mass is 10.0. The van der Waals surface area contributed by atoms with Crippen LogP contribution in [-0.2, 0) is 22.5 Å². The molecule has 0 saturated heterocycles. The number of rotatable bonds is 6. The first-order valence-corrected chi connectivity index (χ1v) is 8.29. The first-order chi connectivity index (χ1) is 13.3. The van der Waals surface area contributed by atoms with Crippen LogP contribution in [0.5, 0.6) is 0 Å². The Balaban J connectivity index is 1.98. The molecule has 1 atom stereocenters. The zero-order chi connectivity index (χ0) is 20.7. The minimum absolute atomic E-state index is 0.209. The summed E-state index contributed by atoms with van der Waals surface area (Å²) in [6.07, 6.45) is 0.252. The van der Waals surface area contributed by atoms with Crippen molar-refractivity contribution in [3.8, 4) is 0 Å². The summed E-state index contributed by atoms with van der Waals surface area (Å²) in [6, 6.07) is 8.95. The van der Waals surface area contributed by atoms with Gasteiger partial charge in [0.25, 0.3) is 5.91 Å². The van der Waals surface area contributed by atoms with Crippen LogP contribution in [0.15, 0.2) is 47.5 Å². The Kier molecular flexibility index (Phi) is 7.16. The summed E-state index contributed by atoms with van der Waals surface area (Å²) >= 11 is 0. The van der Waals surface area contributed by atoms with Crippen LogP contribution in [0.2, 0.25) is 0 Å². The fourth-order valence-corrected chi connectivity index (χ4v) is 2.37. The predicted molar refractivity (Wildman–Crippen MR) is 99.3 cm³/mol. The number of methoxy groups -OCH3 is 1. The highest BCUT2D eigenvalue weighted by Gasteiger charge is 2.15.